The van der Waals surface area contributed by atoms with Crippen LogP contribution in [0, 0.1) is 0 Å². The van der Waals surface area contributed by atoms with Gasteiger partial charge in [0.25, 0.3) is 0 Å². The molecule has 46 valence electrons. The summed E-state index contributed by atoms with van der Waals surface area (Å²) in [6, 6.07) is 0. The molecule has 0 rings (SSSR count). The number of halogens is 2. The zero-order chi connectivity index (χ0) is 4.12. The molecule has 0 N–H and O–H groups in total. The molecule has 0 aromatic carbocycles. The minimum absolute atomic E-state index is 0. The first-order chi connectivity index (χ1) is 2.41. The van der Waals surface area contributed by atoms with Crippen LogP contribution in [-0.4, -0.2) is 21.1 Å². The Balaban J connectivity index is -0.0000000800. The molecule has 0 amide bonds. The Hall–Kier alpha value is 0.659. The van der Waals surface area contributed by atoms with Crippen molar-refractivity contribution in [2.45, 2.75) is 22.7 Å². The van der Waals surface area contributed by atoms with E-state index in [-0.39, 0.29) is 30.6 Å². The quantitative estimate of drug-likeness (QED) is 0.619. The minimum atomic E-state index is 0. The fourth-order valence-corrected chi connectivity index (χ4v) is 1.68. The third-order valence-electron chi connectivity index (χ3n) is 0.500. The summed E-state index contributed by atoms with van der Waals surface area (Å²) in [7, 11) is 0. The molecule has 0 aliphatic carbocycles. The Morgan fingerprint density at radius 3 is 1.29 bits per heavy atom. The van der Waals surface area contributed by atoms with Gasteiger partial charge in [0.2, 0.25) is 0 Å². The van der Waals surface area contributed by atoms with Gasteiger partial charge in [-0.25, -0.2) is 0 Å². The van der Waals surface area contributed by atoms with E-state index in [1.807, 2.05) is 0 Å². The predicted molar refractivity (Wildman–Crippen MR) is 31.7 cm³/mol. The Morgan fingerprint density at radius 1 is 1.00 bits per heavy atom. The Labute approximate surface area is 53.6 Å². The fourth-order valence-electron chi connectivity index (χ4n) is 0.250. The van der Waals surface area contributed by atoms with Crippen LogP contribution in [0.1, 0.15) is 13.8 Å². The molecule has 0 nitrogen and oxygen atoms in total. The molecular weight excluding hydrogens is 205 g/mol. The summed E-state index contributed by atoms with van der Waals surface area (Å²) in [5, 5.41) is 0. The Kier molecular flexibility index (Phi) is 35.6. The third-order valence-corrected chi connectivity index (χ3v) is 3.35. The largest absolute Gasteiger partial charge is 0.269 e. The average Bonchev–Trinajstić information content (AvgIpc) is 1.41. The molecule has 0 saturated carbocycles. The average molecular weight is 217 g/mol. The van der Waals surface area contributed by atoms with Crippen molar-refractivity contribution in [1.82, 2.24) is 0 Å². The second kappa shape index (κ2) is 15.9. The summed E-state index contributed by atoms with van der Waals surface area (Å²) >= 11 is 0.218. The first-order valence-electron chi connectivity index (χ1n) is 2.12. The van der Waals surface area contributed by atoms with Crippen LogP contribution in [0.4, 0.5) is 9.41 Å². The molecule has 0 spiro atoms. The Bertz CT molecular complexity index is 17.2. The van der Waals surface area contributed by atoms with Gasteiger partial charge >= 0.3 is 43.9 Å². The van der Waals surface area contributed by atoms with Gasteiger partial charge in [0.05, 0.1) is 0 Å². The second-order valence-corrected chi connectivity index (χ2v) is 6.42. The van der Waals surface area contributed by atoms with Crippen LogP contribution in [0.3, 0.4) is 0 Å². The van der Waals surface area contributed by atoms with Gasteiger partial charge in [0, 0.05) is 0 Å². The minimum Gasteiger partial charge on any atom is -0.269 e. The van der Waals surface area contributed by atoms with E-state index in [9.17, 15) is 0 Å². The van der Waals surface area contributed by atoms with Crippen molar-refractivity contribution in [3.8, 4) is 0 Å². The van der Waals surface area contributed by atoms with Gasteiger partial charge in [-0.1, -0.05) is 0 Å². The van der Waals surface area contributed by atoms with Crippen molar-refractivity contribution in [1.29, 1.82) is 0 Å². The molecule has 0 unspecified atom stereocenters. The maximum Gasteiger partial charge on any atom is -0.269 e. The summed E-state index contributed by atoms with van der Waals surface area (Å²) in [6.45, 7) is 4.57. The van der Waals surface area contributed by atoms with Crippen molar-refractivity contribution in [3.63, 3.8) is 0 Å². The molecule has 0 bridgehead atoms. The number of hydrogen-bond donors (Lipinski definition) is 0. The third kappa shape index (κ3) is 20.4. The molecule has 7 heavy (non-hydrogen) atoms. The number of hydrogen-bond acceptors (Lipinski definition) is 0. The SMILES string of the molecule is C[CH2][Sn][CH2]C.F.F. The molecule has 3 heteroatoms. The van der Waals surface area contributed by atoms with E-state index in [2.05, 4.69) is 13.8 Å². The van der Waals surface area contributed by atoms with Crippen LogP contribution in [-0.2, 0) is 0 Å². The first-order valence-corrected chi connectivity index (χ1v) is 6.16. The molecule has 0 atom stereocenters. The molecule has 0 aromatic heterocycles. The molecule has 0 fully saturated rings. The van der Waals surface area contributed by atoms with Gasteiger partial charge in [0.1, 0.15) is 0 Å². The van der Waals surface area contributed by atoms with Crippen LogP contribution in [0.5, 0.6) is 0 Å². The van der Waals surface area contributed by atoms with Crippen LogP contribution >= 0.6 is 0 Å². The van der Waals surface area contributed by atoms with Crippen molar-refractivity contribution in [2.24, 2.45) is 0 Å². The van der Waals surface area contributed by atoms with Gasteiger partial charge in [-0.05, 0) is 0 Å². The van der Waals surface area contributed by atoms with Gasteiger partial charge in [0.15, 0.2) is 0 Å². The van der Waals surface area contributed by atoms with Crippen molar-refractivity contribution < 1.29 is 9.41 Å². The summed E-state index contributed by atoms with van der Waals surface area (Å²) in [5.74, 6) is 0. The van der Waals surface area contributed by atoms with E-state index in [0.717, 1.165) is 0 Å². The van der Waals surface area contributed by atoms with E-state index in [0.29, 0.717) is 0 Å². The monoisotopic (exact) mass is 218 g/mol. The molecule has 0 aromatic rings. The zero-order valence-electron chi connectivity index (χ0n) is 4.73. The smallest absolute Gasteiger partial charge is 0.269 e. The summed E-state index contributed by atoms with van der Waals surface area (Å²) < 4.78 is 3.03. The van der Waals surface area contributed by atoms with Gasteiger partial charge in [-0.15, -0.1) is 0 Å². The normalized spacial score (nSPS) is 6.00. The fraction of sp³-hybridized carbons (Fsp3) is 1.00. The van der Waals surface area contributed by atoms with E-state index in [1.54, 1.807) is 0 Å². The van der Waals surface area contributed by atoms with Crippen molar-refractivity contribution >= 4 is 21.1 Å². The topological polar surface area (TPSA) is 0 Å². The summed E-state index contributed by atoms with van der Waals surface area (Å²) in [6.07, 6.45) is 0. The zero-order valence-corrected chi connectivity index (χ0v) is 7.58. The van der Waals surface area contributed by atoms with Gasteiger partial charge in [-0.3, -0.25) is 9.41 Å². The molecule has 0 heterocycles. The van der Waals surface area contributed by atoms with Crippen LogP contribution in [0.2, 0.25) is 8.87 Å². The Morgan fingerprint density at radius 2 is 1.29 bits per heavy atom. The van der Waals surface area contributed by atoms with E-state index < -0.39 is 0 Å². The molecule has 2 radical (unpaired) electrons. The summed E-state index contributed by atoms with van der Waals surface area (Å²) in [5.41, 5.74) is 0. The first kappa shape index (κ1) is 15.6. The van der Waals surface area contributed by atoms with Gasteiger partial charge < -0.3 is 0 Å². The second-order valence-electron chi connectivity index (χ2n) is 0.957. The molecular formula is C4H12F2Sn. The van der Waals surface area contributed by atoms with Crippen LogP contribution < -0.4 is 0 Å². The number of rotatable bonds is 2. The van der Waals surface area contributed by atoms with E-state index >= 15 is 0 Å². The van der Waals surface area contributed by atoms with Gasteiger partial charge in [-0.2, -0.15) is 0 Å². The summed E-state index contributed by atoms with van der Waals surface area (Å²) in [4.78, 5) is 0. The van der Waals surface area contributed by atoms with Crippen molar-refractivity contribution in [2.75, 3.05) is 0 Å². The van der Waals surface area contributed by atoms with Crippen LogP contribution in [0.15, 0.2) is 0 Å². The maximum atomic E-state index is 2.29. The molecule has 0 aliphatic heterocycles. The standard InChI is InChI=1S/2C2H5.2FH.Sn/c2*1-2;;;/h2*1H2,2H3;2*1H;. The van der Waals surface area contributed by atoms with E-state index in [4.69, 9.17) is 0 Å². The molecule has 0 saturated heterocycles. The van der Waals surface area contributed by atoms with Crippen molar-refractivity contribution in [3.05, 3.63) is 0 Å². The molecule has 0 aliphatic rings. The van der Waals surface area contributed by atoms with Crippen LogP contribution in [0.25, 0.3) is 0 Å². The van der Waals surface area contributed by atoms with E-state index in [1.165, 1.54) is 8.87 Å². The maximum absolute atomic E-state index is 2.29. The predicted octanol–water partition coefficient (Wildman–Crippen LogP) is 1.87.